The van der Waals surface area contributed by atoms with Gasteiger partial charge in [-0.25, -0.2) is 19.9 Å². The number of para-hydroxylation sites is 2. The van der Waals surface area contributed by atoms with Crippen LogP contribution in [0.2, 0.25) is 0 Å². The fourth-order valence-electron chi connectivity index (χ4n) is 8.75. The van der Waals surface area contributed by atoms with Crippen molar-refractivity contribution < 1.29 is 4.42 Å². The molecular weight excluding hydrogens is 721 g/mol. The molecule has 0 spiro atoms. The van der Waals surface area contributed by atoms with E-state index >= 15 is 0 Å². The summed E-state index contributed by atoms with van der Waals surface area (Å²) >= 11 is 0. The first kappa shape index (κ1) is 33.2. The number of furan rings is 1. The second-order valence-corrected chi connectivity index (χ2v) is 14.9. The van der Waals surface area contributed by atoms with Crippen LogP contribution in [0.5, 0.6) is 0 Å². The van der Waals surface area contributed by atoms with Crippen molar-refractivity contribution in [2.24, 2.45) is 0 Å². The Morgan fingerprint density at radius 1 is 0.305 bits per heavy atom. The molecule has 5 heteroatoms. The molecule has 12 rings (SSSR count). The zero-order chi connectivity index (χ0) is 38.9. The Balaban J connectivity index is 1.01. The Morgan fingerprint density at radius 3 is 1.51 bits per heavy atom. The normalized spacial score (nSPS) is 11.7. The summed E-state index contributed by atoms with van der Waals surface area (Å²) in [5.74, 6) is 1.81. The molecule has 59 heavy (non-hydrogen) atoms. The quantitative estimate of drug-likeness (QED) is 0.164. The van der Waals surface area contributed by atoms with Gasteiger partial charge in [0.05, 0.1) is 5.52 Å². The molecule has 0 atom stereocenters. The van der Waals surface area contributed by atoms with Gasteiger partial charge < -0.3 is 4.42 Å². The largest absolute Gasteiger partial charge is 0.454 e. The Morgan fingerprint density at radius 2 is 0.797 bits per heavy atom. The number of fused-ring (bicyclic) bond motifs is 11. The van der Waals surface area contributed by atoms with Crippen LogP contribution in [0.4, 0.5) is 0 Å². The topological polar surface area (TPSA) is 64.7 Å². The van der Waals surface area contributed by atoms with E-state index in [0.29, 0.717) is 17.5 Å². The van der Waals surface area contributed by atoms with E-state index in [2.05, 4.69) is 146 Å². The van der Waals surface area contributed by atoms with Gasteiger partial charge in [0.2, 0.25) is 0 Å². The summed E-state index contributed by atoms with van der Waals surface area (Å²) in [6.07, 6.45) is 0. The first-order valence-electron chi connectivity index (χ1n) is 19.8. The molecule has 0 N–H and O–H groups in total. The van der Waals surface area contributed by atoms with Gasteiger partial charge >= 0.3 is 0 Å². The number of nitrogens with zero attached hydrogens (tertiary/aromatic N) is 4. The van der Waals surface area contributed by atoms with Gasteiger partial charge in [-0.3, -0.25) is 0 Å². The van der Waals surface area contributed by atoms with Crippen molar-refractivity contribution in [2.75, 3.05) is 0 Å². The molecule has 0 aliphatic rings. The Bertz CT molecular complexity index is 3580. The maximum atomic E-state index is 6.51. The molecule has 0 amide bonds. The lowest BCUT2D eigenvalue weighted by Gasteiger charge is -2.14. The zero-order valence-corrected chi connectivity index (χ0v) is 31.7. The number of hydrogen-bond acceptors (Lipinski definition) is 5. The molecule has 0 saturated heterocycles. The van der Waals surface area contributed by atoms with Crippen molar-refractivity contribution in [1.82, 2.24) is 19.9 Å². The van der Waals surface area contributed by atoms with Crippen LogP contribution in [0.25, 0.3) is 122 Å². The number of pyridine rings is 1. The minimum Gasteiger partial charge on any atom is -0.454 e. The van der Waals surface area contributed by atoms with Crippen LogP contribution in [0.3, 0.4) is 0 Å². The minimum atomic E-state index is 0.589. The molecule has 0 bridgehead atoms. The highest BCUT2D eigenvalue weighted by Crippen LogP contribution is 2.41. The van der Waals surface area contributed by atoms with Crippen molar-refractivity contribution in [3.63, 3.8) is 0 Å². The highest BCUT2D eigenvalue weighted by molar-refractivity contribution is 6.26. The molecule has 0 aliphatic heterocycles. The van der Waals surface area contributed by atoms with Gasteiger partial charge in [-0.05, 0) is 61.6 Å². The van der Waals surface area contributed by atoms with Crippen molar-refractivity contribution in [3.05, 3.63) is 194 Å². The van der Waals surface area contributed by atoms with Crippen molar-refractivity contribution >= 4 is 65.2 Å². The molecule has 0 aliphatic carbocycles. The Hall–Kier alpha value is -8.02. The molecule has 0 radical (unpaired) electrons. The molecule has 12 aromatic rings. The van der Waals surface area contributed by atoms with Crippen molar-refractivity contribution in [3.8, 4) is 56.5 Å². The third-order valence-electron chi connectivity index (χ3n) is 11.5. The predicted molar refractivity (Wildman–Crippen MR) is 242 cm³/mol. The van der Waals surface area contributed by atoms with E-state index in [-0.39, 0.29) is 0 Å². The van der Waals surface area contributed by atoms with E-state index < -0.39 is 0 Å². The van der Waals surface area contributed by atoms with Crippen LogP contribution < -0.4 is 0 Å². The van der Waals surface area contributed by atoms with Crippen LogP contribution in [0.1, 0.15) is 0 Å². The van der Waals surface area contributed by atoms with Crippen LogP contribution >= 0.6 is 0 Å². The van der Waals surface area contributed by atoms with E-state index in [0.717, 1.165) is 71.9 Å². The summed E-state index contributed by atoms with van der Waals surface area (Å²) in [5, 5.41) is 10.7. The van der Waals surface area contributed by atoms with Crippen LogP contribution in [0, 0.1) is 0 Å². The van der Waals surface area contributed by atoms with Crippen molar-refractivity contribution in [2.45, 2.75) is 0 Å². The highest BCUT2D eigenvalue weighted by Gasteiger charge is 2.20. The molecule has 3 aromatic heterocycles. The molecule has 0 saturated carbocycles. The van der Waals surface area contributed by atoms with Gasteiger partial charge in [0.1, 0.15) is 11.3 Å². The second-order valence-electron chi connectivity index (χ2n) is 14.9. The molecule has 9 aromatic carbocycles. The molecular formula is C54H32N4O. The first-order chi connectivity index (χ1) is 29.2. The number of rotatable bonds is 5. The maximum absolute atomic E-state index is 6.51. The van der Waals surface area contributed by atoms with E-state index in [9.17, 15) is 0 Å². The second kappa shape index (κ2) is 13.3. The van der Waals surface area contributed by atoms with Gasteiger partial charge in [-0.2, -0.15) is 0 Å². The van der Waals surface area contributed by atoms with E-state index in [1.54, 1.807) is 0 Å². The monoisotopic (exact) mass is 752 g/mol. The maximum Gasteiger partial charge on any atom is 0.164 e. The SMILES string of the molecule is c1ccc(-c2nc(-c3ccc(-c4nc5ccccc5c5c4oc4ccccc45)cc3)nc(-c3ccccc3-c3ccc4c5ccccc5c5ccccc5c4c3)n2)cc1. The Labute approximate surface area is 338 Å². The lowest BCUT2D eigenvalue weighted by Crippen LogP contribution is -2.01. The standard InChI is InChI=1S/C54H32N4O/c1-2-14-34(15-3-1)52-56-53(35-28-26-33(27-29-35)50-51-49(44-22-10-12-24-47(44)55-50)45-23-11-13-25-48(45)59-51)58-54(57-52)43-21-9-4-16-37(43)36-30-31-42-40-19-6-5-17-38(40)39-18-7-8-20-41(39)46(42)32-36/h1-32H. The fraction of sp³-hybridized carbons (Fsp3) is 0. The third kappa shape index (κ3) is 5.40. The van der Waals surface area contributed by atoms with Gasteiger partial charge in [-0.1, -0.05) is 176 Å². The lowest BCUT2D eigenvalue weighted by molar-refractivity contribution is 0.669. The van der Waals surface area contributed by atoms with E-state index in [1.165, 1.54) is 32.3 Å². The van der Waals surface area contributed by atoms with E-state index in [1.807, 2.05) is 48.5 Å². The zero-order valence-electron chi connectivity index (χ0n) is 31.7. The molecule has 5 nitrogen and oxygen atoms in total. The van der Waals surface area contributed by atoms with Crippen molar-refractivity contribution in [1.29, 1.82) is 0 Å². The predicted octanol–water partition coefficient (Wildman–Crippen LogP) is 14.1. The number of benzene rings is 9. The van der Waals surface area contributed by atoms with E-state index in [4.69, 9.17) is 24.4 Å². The number of aromatic nitrogens is 4. The van der Waals surface area contributed by atoms with Gasteiger partial charge in [-0.15, -0.1) is 0 Å². The summed E-state index contributed by atoms with van der Waals surface area (Å²) in [6.45, 7) is 0. The molecule has 0 fully saturated rings. The number of hydrogen-bond donors (Lipinski definition) is 0. The van der Waals surface area contributed by atoms with Crippen LogP contribution in [-0.2, 0) is 0 Å². The van der Waals surface area contributed by atoms with Gasteiger partial charge in [0.25, 0.3) is 0 Å². The summed E-state index contributed by atoms with van der Waals surface area (Å²) in [7, 11) is 0. The minimum absolute atomic E-state index is 0.589. The third-order valence-corrected chi connectivity index (χ3v) is 11.5. The van der Waals surface area contributed by atoms with Gasteiger partial charge in [0, 0.05) is 38.4 Å². The highest BCUT2D eigenvalue weighted by atomic mass is 16.3. The summed E-state index contributed by atoms with van der Waals surface area (Å²) < 4.78 is 6.51. The average molecular weight is 753 g/mol. The lowest BCUT2D eigenvalue weighted by atomic mass is 9.91. The summed E-state index contributed by atoms with van der Waals surface area (Å²) in [5.41, 5.74) is 9.16. The molecule has 0 unspecified atom stereocenters. The van der Waals surface area contributed by atoms with Crippen LogP contribution in [0.15, 0.2) is 199 Å². The summed E-state index contributed by atoms with van der Waals surface area (Å²) in [6, 6.07) is 67.5. The molecule has 3 heterocycles. The first-order valence-corrected chi connectivity index (χ1v) is 19.8. The fourth-order valence-corrected chi connectivity index (χ4v) is 8.75. The van der Waals surface area contributed by atoms with Gasteiger partial charge in [0.15, 0.2) is 23.1 Å². The summed E-state index contributed by atoms with van der Waals surface area (Å²) in [4.78, 5) is 20.6. The average Bonchev–Trinajstić information content (AvgIpc) is 3.72. The smallest absolute Gasteiger partial charge is 0.164 e. The molecule has 274 valence electrons. The van der Waals surface area contributed by atoms with Crippen LogP contribution in [-0.4, -0.2) is 19.9 Å². The Kier molecular flexibility index (Phi) is 7.47.